The highest BCUT2D eigenvalue weighted by Crippen LogP contribution is 2.31. The van der Waals surface area contributed by atoms with Gasteiger partial charge in [0.25, 0.3) is 0 Å². The molecule has 0 aromatic carbocycles. The molecule has 7 nitrogen and oxygen atoms in total. The van der Waals surface area contributed by atoms with Crippen molar-refractivity contribution in [2.45, 2.75) is 12.8 Å². The SMILES string of the molecule is O=C(O)C1CCN(c2ncc(Br)cc2[N+](=O)[O-])CC1. The lowest BCUT2D eigenvalue weighted by Gasteiger charge is -2.30. The summed E-state index contributed by atoms with van der Waals surface area (Å²) in [6.07, 6.45) is 2.46. The second kappa shape index (κ2) is 5.52. The number of rotatable bonds is 3. The van der Waals surface area contributed by atoms with Crippen molar-refractivity contribution in [1.29, 1.82) is 0 Å². The minimum Gasteiger partial charge on any atom is -0.481 e. The zero-order chi connectivity index (χ0) is 14.0. The number of piperidine rings is 1. The average Bonchev–Trinajstić information content (AvgIpc) is 2.38. The zero-order valence-corrected chi connectivity index (χ0v) is 11.5. The lowest BCUT2D eigenvalue weighted by molar-refractivity contribution is -0.384. The van der Waals surface area contributed by atoms with Crippen molar-refractivity contribution in [2.24, 2.45) is 5.92 Å². The Kier molecular flexibility index (Phi) is 3.98. The van der Waals surface area contributed by atoms with Crippen LogP contribution in [-0.2, 0) is 4.79 Å². The third-order valence-corrected chi connectivity index (χ3v) is 3.59. The maximum atomic E-state index is 11.0. The number of nitro groups is 1. The van der Waals surface area contributed by atoms with Gasteiger partial charge in [-0.15, -0.1) is 0 Å². The van der Waals surface area contributed by atoms with Gasteiger partial charge in [0.2, 0.25) is 5.82 Å². The average molecular weight is 330 g/mol. The largest absolute Gasteiger partial charge is 0.481 e. The first kappa shape index (κ1) is 13.7. The topological polar surface area (TPSA) is 96.6 Å². The molecule has 0 bridgehead atoms. The fourth-order valence-electron chi connectivity index (χ4n) is 2.14. The van der Waals surface area contributed by atoms with Crippen LogP contribution in [-0.4, -0.2) is 34.1 Å². The van der Waals surface area contributed by atoms with E-state index in [1.54, 1.807) is 4.90 Å². The van der Waals surface area contributed by atoms with E-state index in [9.17, 15) is 14.9 Å². The van der Waals surface area contributed by atoms with E-state index in [1.165, 1.54) is 12.3 Å². The first-order valence-corrected chi connectivity index (χ1v) is 6.56. The standard InChI is InChI=1S/C11H12BrN3O4/c12-8-5-9(15(18)19)10(13-6-8)14-3-1-7(2-4-14)11(16)17/h5-7H,1-4H2,(H,16,17). The zero-order valence-electron chi connectivity index (χ0n) is 9.95. The number of anilines is 1. The highest BCUT2D eigenvalue weighted by atomic mass is 79.9. The smallest absolute Gasteiger partial charge is 0.312 e. The lowest BCUT2D eigenvalue weighted by Crippen LogP contribution is -2.37. The van der Waals surface area contributed by atoms with Gasteiger partial charge in [-0.1, -0.05) is 0 Å². The van der Waals surface area contributed by atoms with E-state index in [2.05, 4.69) is 20.9 Å². The van der Waals surface area contributed by atoms with Crippen molar-refractivity contribution in [1.82, 2.24) is 4.98 Å². The Balaban J connectivity index is 2.20. The Morgan fingerprint density at radius 1 is 1.53 bits per heavy atom. The van der Waals surface area contributed by atoms with Gasteiger partial charge in [0, 0.05) is 29.8 Å². The van der Waals surface area contributed by atoms with Gasteiger partial charge in [-0.2, -0.15) is 0 Å². The van der Waals surface area contributed by atoms with Crippen LogP contribution in [0.15, 0.2) is 16.7 Å². The molecular formula is C11H12BrN3O4. The van der Waals surface area contributed by atoms with Gasteiger partial charge in [0.15, 0.2) is 0 Å². The van der Waals surface area contributed by atoms with Crippen LogP contribution in [0, 0.1) is 16.0 Å². The van der Waals surface area contributed by atoms with Gasteiger partial charge < -0.3 is 10.0 Å². The summed E-state index contributed by atoms with van der Waals surface area (Å²) >= 11 is 3.15. The summed E-state index contributed by atoms with van der Waals surface area (Å²) in [5.74, 6) is -0.874. The van der Waals surface area contributed by atoms with Gasteiger partial charge >= 0.3 is 11.7 Å². The van der Waals surface area contributed by atoms with Gasteiger partial charge in [-0.05, 0) is 28.8 Å². The van der Waals surface area contributed by atoms with Crippen LogP contribution < -0.4 is 4.90 Å². The molecule has 0 aliphatic carbocycles. The number of hydrogen-bond donors (Lipinski definition) is 1. The quantitative estimate of drug-likeness (QED) is 0.673. The molecule has 0 spiro atoms. The van der Waals surface area contributed by atoms with E-state index >= 15 is 0 Å². The van der Waals surface area contributed by atoms with E-state index in [0.717, 1.165) is 0 Å². The van der Waals surface area contributed by atoms with Crippen molar-refractivity contribution >= 4 is 33.4 Å². The van der Waals surface area contributed by atoms with Crippen LogP contribution >= 0.6 is 15.9 Å². The number of pyridine rings is 1. The minimum absolute atomic E-state index is 0.0665. The Morgan fingerprint density at radius 3 is 2.68 bits per heavy atom. The van der Waals surface area contributed by atoms with Crippen molar-refractivity contribution < 1.29 is 14.8 Å². The molecule has 19 heavy (non-hydrogen) atoms. The predicted molar refractivity (Wildman–Crippen MR) is 71.2 cm³/mol. The first-order valence-electron chi connectivity index (χ1n) is 5.76. The molecule has 1 aromatic heterocycles. The molecular weight excluding hydrogens is 318 g/mol. The summed E-state index contributed by atoms with van der Waals surface area (Å²) in [5.41, 5.74) is -0.0665. The second-order valence-corrected chi connectivity index (χ2v) is 5.27. The highest BCUT2D eigenvalue weighted by molar-refractivity contribution is 9.10. The summed E-state index contributed by atoms with van der Waals surface area (Å²) in [6, 6.07) is 1.41. The number of halogens is 1. The fraction of sp³-hybridized carbons (Fsp3) is 0.455. The van der Waals surface area contributed by atoms with E-state index in [0.29, 0.717) is 36.2 Å². The molecule has 1 saturated heterocycles. The Hall–Kier alpha value is -1.70. The molecule has 0 radical (unpaired) electrons. The van der Waals surface area contributed by atoms with Gasteiger partial charge in [0.05, 0.1) is 10.8 Å². The third-order valence-electron chi connectivity index (χ3n) is 3.15. The van der Waals surface area contributed by atoms with Crippen molar-refractivity contribution in [3.05, 3.63) is 26.9 Å². The van der Waals surface area contributed by atoms with E-state index in [1.807, 2.05) is 0 Å². The van der Waals surface area contributed by atoms with Crippen LogP contribution in [0.25, 0.3) is 0 Å². The monoisotopic (exact) mass is 329 g/mol. The Labute approximate surface area is 117 Å². The Bertz CT molecular complexity index is 515. The third kappa shape index (κ3) is 3.01. The number of aliphatic carboxylic acids is 1. The Morgan fingerprint density at radius 2 is 2.16 bits per heavy atom. The van der Waals surface area contributed by atoms with E-state index in [4.69, 9.17) is 5.11 Å². The van der Waals surface area contributed by atoms with Crippen molar-refractivity contribution in [2.75, 3.05) is 18.0 Å². The van der Waals surface area contributed by atoms with Crippen molar-refractivity contribution in [3.8, 4) is 0 Å². The number of carbonyl (C=O) groups is 1. The highest BCUT2D eigenvalue weighted by Gasteiger charge is 2.29. The van der Waals surface area contributed by atoms with Gasteiger partial charge in [-0.3, -0.25) is 14.9 Å². The molecule has 2 rings (SSSR count). The first-order chi connectivity index (χ1) is 8.99. The molecule has 0 unspecified atom stereocenters. The van der Waals surface area contributed by atoms with Crippen LogP contribution in [0.5, 0.6) is 0 Å². The normalized spacial score (nSPS) is 16.4. The van der Waals surface area contributed by atoms with Crippen molar-refractivity contribution in [3.63, 3.8) is 0 Å². The van der Waals surface area contributed by atoms with E-state index < -0.39 is 10.9 Å². The molecule has 102 valence electrons. The predicted octanol–water partition coefficient (Wildman–Crippen LogP) is 2.05. The molecule has 0 atom stereocenters. The maximum absolute atomic E-state index is 11.0. The molecule has 1 N–H and O–H groups in total. The molecule has 8 heteroatoms. The van der Waals surface area contributed by atoms with Crippen LogP contribution in [0.1, 0.15) is 12.8 Å². The molecule has 1 aliphatic rings. The summed E-state index contributed by atoms with van der Waals surface area (Å²) in [5, 5.41) is 19.9. The number of hydrogen-bond acceptors (Lipinski definition) is 5. The molecule has 1 aliphatic heterocycles. The number of carboxylic acids is 1. The maximum Gasteiger partial charge on any atom is 0.312 e. The fourth-order valence-corrected chi connectivity index (χ4v) is 2.46. The molecule has 0 amide bonds. The lowest BCUT2D eigenvalue weighted by atomic mass is 9.97. The molecule has 2 heterocycles. The summed E-state index contributed by atoms with van der Waals surface area (Å²) in [4.78, 5) is 27.3. The molecule has 1 fully saturated rings. The van der Waals surface area contributed by atoms with Gasteiger partial charge in [0.1, 0.15) is 0 Å². The summed E-state index contributed by atoms with van der Waals surface area (Å²) in [6.45, 7) is 0.929. The number of aromatic nitrogens is 1. The summed E-state index contributed by atoms with van der Waals surface area (Å²) < 4.78 is 0.545. The van der Waals surface area contributed by atoms with Crippen LogP contribution in [0.4, 0.5) is 11.5 Å². The van der Waals surface area contributed by atoms with Crippen LogP contribution in [0.2, 0.25) is 0 Å². The molecule has 1 aromatic rings. The van der Waals surface area contributed by atoms with Gasteiger partial charge in [-0.25, -0.2) is 4.98 Å². The second-order valence-electron chi connectivity index (χ2n) is 4.35. The number of carboxylic acid groups (broad SMARTS) is 1. The number of nitrogens with zero attached hydrogens (tertiary/aromatic N) is 3. The van der Waals surface area contributed by atoms with E-state index in [-0.39, 0.29) is 11.6 Å². The van der Waals surface area contributed by atoms with Crippen LogP contribution in [0.3, 0.4) is 0 Å². The summed E-state index contributed by atoms with van der Waals surface area (Å²) in [7, 11) is 0. The molecule has 0 saturated carbocycles. The minimum atomic E-state index is -0.807.